The maximum atomic E-state index is 13.5. The van der Waals surface area contributed by atoms with Crippen LogP contribution in [0.25, 0.3) is 0 Å². The molecule has 2 aromatic carbocycles. The Morgan fingerprint density at radius 3 is 2.59 bits per heavy atom. The molecule has 1 atom stereocenters. The number of carbonyl (C=O) groups is 2. The van der Waals surface area contributed by atoms with Crippen molar-refractivity contribution in [2.75, 3.05) is 5.75 Å². The minimum atomic E-state index is -0.326. The second-order valence-electron chi connectivity index (χ2n) is 8.33. The summed E-state index contributed by atoms with van der Waals surface area (Å²) in [5.74, 6) is -0.0439. The van der Waals surface area contributed by atoms with Crippen molar-refractivity contribution >= 4 is 40.6 Å². The number of thioether (sulfide) groups is 1. The summed E-state index contributed by atoms with van der Waals surface area (Å²) in [6, 6.07) is 18.7. The number of hydrazone groups is 1. The van der Waals surface area contributed by atoms with Crippen molar-refractivity contribution in [3.05, 3.63) is 99.8 Å². The average Bonchev–Trinajstić information content (AvgIpc) is 3.67. The lowest BCUT2D eigenvalue weighted by Crippen LogP contribution is -2.28. The van der Waals surface area contributed by atoms with Crippen LogP contribution in [0.5, 0.6) is 0 Å². The Hall–Kier alpha value is -3.83. The largest absolute Gasteiger partial charge is 0.345 e. The van der Waals surface area contributed by atoms with Crippen molar-refractivity contribution < 1.29 is 14.0 Å². The van der Waals surface area contributed by atoms with Crippen molar-refractivity contribution in [3.8, 4) is 0 Å². The molecule has 0 fully saturated rings. The smallest absolute Gasteiger partial charge is 0.253 e. The van der Waals surface area contributed by atoms with Gasteiger partial charge in [0.15, 0.2) is 11.0 Å². The van der Waals surface area contributed by atoms with Gasteiger partial charge in [0.05, 0.1) is 28.9 Å². The molecule has 1 N–H and O–H groups in total. The van der Waals surface area contributed by atoms with Gasteiger partial charge in [-0.05, 0) is 41.3 Å². The van der Waals surface area contributed by atoms with Gasteiger partial charge >= 0.3 is 0 Å². The lowest BCUT2D eigenvalue weighted by Gasteiger charge is -2.21. The fraction of sp³-hybridized carbons (Fsp3) is 0.192. The average molecular weight is 535 g/mol. The number of hydrogen-bond donors (Lipinski definition) is 1. The van der Waals surface area contributed by atoms with Crippen LogP contribution in [0.3, 0.4) is 0 Å². The van der Waals surface area contributed by atoms with Crippen LogP contribution < -0.4 is 5.32 Å². The first-order valence-electron chi connectivity index (χ1n) is 11.5. The summed E-state index contributed by atoms with van der Waals surface area (Å²) in [6.45, 7) is 0.207. The number of hydrogen-bond acceptors (Lipinski definition) is 7. The molecule has 4 aromatic rings. The summed E-state index contributed by atoms with van der Waals surface area (Å²) in [5.41, 5.74) is 2.22. The molecule has 0 bridgehead atoms. The van der Waals surface area contributed by atoms with Gasteiger partial charge in [-0.1, -0.05) is 48.2 Å². The van der Waals surface area contributed by atoms with Crippen LogP contribution >= 0.6 is 23.1 Å². The number of nitrogens with one attached hydrogen (secondary N) is 1. The van der Waals surface area contributed by atoms with Crippen LogP contribution in [0.1, 0.15) is 39.1 Å². The van der Waals surface area contributed by atoms with Gasteiger partial charge in [-0.25, -0.2) is 9.40 Å². The quantitative estimate of drug-likeness (QED) is 0.338. The maximum absolute atomic E-state index is 13.5. The molecule has 11 heteroatoms. The van der Waals surface area contributed by atoms with Gasteiger partial charge in [-0.2, -0.15) is 5.10 Å². The van der Waals surface area contributed by atoms with Gasteiger partial charge in [0, 0.05) is 19.0 Å². The minimum Gasteiger partial charge on any atom is -0.345 e. The molecular weight excluding hydrogens is 511 g/mol. The second-order valence-corrected chi connectivity index (χ2v) is 10.2. The lowest BCUT2D eigenvalue weighted by molar-refractivity contribution is -0.130. The van der Waals surface area contributed by atoms with Crippen molar-refractivity contribution in [3.63, 3.8) is 0 Å². The van der Waals surface area contributed by atoms with Gasteiger partial charge in [-0.3, -0.25) is 9.59 Å². The van der Waals surface area contributed by atoms with Crippen LogP contribution in [0.2, 0.25) is 0 Å². The Morgan fingerprint density at radius 2 is 1.86 bits per heavy atom. The molecule has 2 aromatic heterocycles. The summed E-state index contributed by atoms with van der Waals surface area (Å²) in [4.78, 5) is 26.6. The van der Waals surface area contributed by atoms with Crippen LogP contribution in [-0.2, 0) is 18.4 Å². The van der Waals surface area contributed by atoms with Gasteiger partial charge in [0.1, 0.15) is 5.82 Å². The summed E-state index contributed by atoms with van der Waals surface area (Å²) >= 11 is 2.82. The summed E-state index contributed by atoms with van der Waals surface area (Å²) < 4.78 is 15.3. The van der Waals surface area contributed by atoms with Crippen LogP contribution in [0.15, 0.2) is 82.4 Å². The van der Waals surface area contributed by atoms with E-state index in [0.717, 1.165) is 16.2 Å². The molecule has 2 amide bonds. The molecule has 0 spiro atoms. The van der Waals surface area contributed by atoms with Crippen molar-refractivity contribution in [2.24, 2.45) is 12.1 Å². The Kier molecular flexibility index (Phi) is 7.42. The summed E-state index contributed by atoms with van der Waals surface area (Å²) in [7, 11) is 1.79. The number of benzene rings is 2. The zero-order valence-corrected chi connectivity index (χ0v) is 21.5. The van der Waals surface area contributed by atoms with E-state index in [2.05, 4.69) is 20.6 Å². The number of aromatic nitrogens is 3. The molecule has 37 heavy (non-hydrogen) atoms. The number of thiophene rings is 1. The van der Waals surface area contributed by atoms with E-state index in [4.69, 9.17) is 0 Å². The van der Waals surface area contributed by atoms with E-state index < -0.39 is 0 Å². The van der Waals surface area contributed by atoms with E-state index >= 15 is 0 Å². The highest BCUT2D eigenvalue weighted by molar-refractivity contribution is 7.99. The van der Waals surface area contributed by atoms with E-state index in [9.17, 15) is 14.0 Å². The number of nitrogens with zero attached hydrogens (tertiary/aromatic N) is 5. The molecule has 0 aliphatic carbocycles. The lowest BCUT2D eigenvalue weighted by atomic mass is 10.0. The zero-order chi connectivity index (χ0) is 25.8. The molecule has 0 radical (unpaired) electrons. The van der Waals surface area contributed by atoms with Crippen molar-refractivity contribution in [1.29, 1.82) is 0 Å². The van der Waals surface area contributed by atoms with Crippen molar-refractivity contribution in [1.82, 2.24) is 25.1 Å². The predicted octanol–water partition coefficient (Wildman–Crippen LogP) is 4.42. The normalized spacial score (nSPS) is 15.0. The van der Waals surface area contributed by atoms with Gasteiger partial charge in [0.25, 0.3) is 11.8 Å². The van der Waals surface area contributed by atoms with E-state index in [-0.39, 0.29) is 36.0 Å². The van der Waals surface area contributed by atoms with E-state index in [1.807, 2.05) is 23.6 Å². The van der Waals surface area contributed by atoms with E-state index in [0.29, 0.717) is 23.0 Å². The molecule has 0 unspecified atom stereocenters. The Balaban J connectivity index is 1.25. The number of carbonyl (C=O) groups excluding carboxylic acids is 2. The first-order chi connectivity index (χ1) is 18.0. The molecule has 5 rings (SSSR count). The third-order valence-electron chi connectivity index (χ3n) is 5.92. The fourth-order valence-corrected chi connectivity index (χ4v) is 5.45. The minimum absolute atomic E-state index is 0.0985. The van der Waals surface area contributed by atoms with Gasteiger partial charge in [0.2, 0.25) is 0 Å². The van der Waals surface area contributed by atoms with Gasteiger partial charge < -0.3 is 9.88 Å². The Morgan fingerprint density at radius 1 is 1.08 bits per heavy atom. The second kappa shape index (κ2) is 11.1. The standard InChI is InChI=1S/C26H23FN6O2S2/c1-32-23(15-28-25(35)18-6-3-2-4-7-18)29-30-26(32)37-16-24(34)33-21(17-9-11-19(27)12-10-17)14-20(31-33)22-8-5-13-36-22/h2-13,21H,14-16H2,1H3,(H,28,35)/t21-/m0/s1. The van der Waals surface area contributed by atoms with E-state index in [1.165, 1.54) is 28.9 Å². The summed E-state index contributed by atoms with van der Waals surface area (Å²) in [6.07, 6.45) is 0.553. The maximum Gasteiger partial charge on any atom is 0.253 e. The number of halogens is 1. The zero-order valence-electron chi connectivity index (χ0n) is 19.9. The molecule has 1 aliphatic rings. The third kappa shape index (κ3) is 5.62. The first-order valence-corrected chi connectivity index (χ1v) is 13.4. The highest BCUT2D eigenvalue weighted by Gasteiger charge is 2.33. The third-order valence-corrected chi connectivity index (χ3v) is 7.84. The highest BCUT2D eigenvalue weighted by atomic mass is 32.2. The topological polar surface area (TPSA) is 92.5 Å². The molecule has 8 nitrogen and oxygen atoms in total. The first kappa shape index (κ1) is 24.8. The van der Waals surface area contributed by atoms with E-state index in [1.54, 1.807) is 59.3 Å². The molecule has 0 saturated heterocycles. The number of amides is 2. The molecule has 3 heterocycles. The van der Waals surface area contributed by atoms with Crippen molar-refractivity contribution in [2.45, 2.75) is 24.2 Å². The predicted molar refractivity (Wildman–Crippen MR) is 141 cm³/mol. The molecule has 1 aliphatic heterocycles. The Bertz CT molecular complexity index is 1420. The Labute approximate surface area is 221 Å². The van der Waals surface area contributed by atoms with Crippen LogP contribution in [0.4, 0.5) is 4.39 Å². The molecule has 188 valence electrons. The van der Waals surface area contributed by atoms with Gasteiger partial charge in [-0.15, -0.1) is 21.5 Å². The highest BCUT2D eigenvalue weighted by Crippen LogP contribution is 2.34. The molecular formula is C26H23FN6O2S2. The van der Waals surface area contributed by atoms with Crippen LogP contribution in [0, 0.1) is 5.82 Å². The SMILES string of the molecule is Cn1c(CNC(=O)c2ccccc2)nnc1SCC(=O)N1N=C(c2cccs2)C[C@H]1c1ccc(F)cc1. The molecule has 0 saturated carbocycles. The fourth-order valence-electron chi connectivity index (χ4n) is 3.94. The van der Waals surface area contributed by atoms with Crippen LogP contribution in [-0.4, -0.2) is 43.1 Å². The summed E-state index contributed by atoms with van der Waals surface area (Å²) in [5, 5.41) is 19.8. The monoisotopic (exact) mass is 534 g/mol. The number of rotatable bonds is 8.